The second-order valence-corrected chi connectivity index (χ2v) is 7.77. The summed E-state index contributed by atoms with van der Waals surface area (Å²) in [7, 11) is 0. The number of rotatable bonds is 8. The highest BCUT2D eigenvalue weighted by Gasteiger charge is 2.34. The minimum atomic E-state index is -0.771. The predicted octanol–water partition coefficient (Wildman–Crippen LogP) is 2.45. The molecule has 3 amide bonds. The molecule has 0 spiro atoms. The monoisotopic (exact) mass is 465 g/mol. The van der Waals surface area contributed by atoms with Gasteiger partial charge in [0.25, 0.3) is 5.91 Å². The molecule has 0 aromatic heterocycles. The van der Waals surface area contributed by atoms with Crippen LogP contribution in [0.25, 0.3) is 0 Å². The van der Waals surface area contributed by atoms with Gasteiger partial charge in [0.15, 0.2) is 0 Å². The van der Waals surface area contributed by atoms with Crippen molar-refractivity contribution in [3.8, 4) is 0 Å². The first-order chi connectivity index (χ1) is 16.3. The van der Waals surface area contributed by atoms with Gasteiger partial charge in [0.05, 0.1) is 23.9 Å². The molecule has 9 nitrogen and oxygen atoms in total. The Morgan fingerprint density at radius 3 is 2.32 bits per heavy atom. The number of aryl methyl sites for hydroxylation is 2. The zero-order valence-corrected chi connectivity index (χ0v) is 19.3. The zero-order chi connectivity index (χ0) is 24.7. The SMILES string of the molecule is CCOC(=O)C1=C(COC(=O)CNC(=O)c2cc(C)cc(C)c2)NC(=O)NC1c1ccccc1. The molecule has 9 heteroatoms. The number of hydrogen-bond donors (Lipinski definition) is 3. The van der Waals surface area contributed by atoms with Crippen LogP contribution in [0.15, 0.2) is 59.8 Å². The number of esters is 2. The van der Waals surface area contributed by atoms with Crippen molar-refractivity contribution < 1.29 is 28.7 Å². The number of hydrogen-bond acceptors (Lipinski definition) is 6. The molecular weight excluding hydrogens is 438 g/mol. The number of urea groups is 1. The number of amides is 3. The smallest absolute Gasteiger partial charge is 0.338 e. The van der Waals surface area contributed by atoms with Crippen molar-refractivity contribution in [3.63, 3.8) is 0 Å². The molecule has 0 saturated heterocycles. The van der Waals surface area contributed by atoms with E-state index in [1.807, 2.05) is 26.0 Å². The van der Waals surface area contributed by atoms with Crippen molar-refractivity contribution in [1.82, 2.24) is 16.0 Å². The van der Waals surface area contributed by atoms with Gasteiger partial charge in [-0.15, -0.1) is 0 Å². The molecule has 1 aliphatic heterocycles. The second kappa shape index (κ2) is 11.1. The third kappa shape index (κ3) is 6.22. The van der Waals surface area contributed by atoms with E-state index in [0.29, 0.717) is 11.1 Å². The van der Waals surface area contributed by atoms with E-state index < -0.39 is 29.9 Å². The molecule has 0 bridgehead atoms. The highest BCUT2D eigenvalue weighted by Crippen LogP contribution is 2.27. The van der Waals surface area contributed by atoms with Crippen LogP contribution in [-0.2, 0) is 19.1 Å². The summed E-state index contributed by atoms with van der Waals surface area (Å²) in [6.45, 7) is 4.81. The third-order valence-corrected chi connectivity index (χ3v) is 5.04. The topological polar surface area (TPSA) is 123 Å². The van der Waals surface area contributed by atoms with Crippen LogP contribution in [0.2, 0.25) is 0 Å². The Kier molecular flexibility index (Phi) is 8.02. The van der Waals surface area contributed by atoms with Gasteiger partial charge in [-0.25, -0.2) is 9.59 Å². The van der Waals surface area contributed by atoms with E-state index in [2.05, 4.69) is 16.0 Å². The van der Waals surface area contributed by atoms with Gasteiger partial charge in [0.1, 0.15) is 13.2 Å². The van der Waals surface area contributed by atoms with Crippen LogP contribution in [-0.4, -0.2) is 43.6 Å². The Hall–Kier alpha value is -4.14. The standard InChI is InChI=1S/C25H27N3O6/c1-4-33-24(31)21-19(27-25(32)28-22(21)17-8-6-5-7-9-17)14-34-20(29)13-26-23(30)18-11-15(2)10-16(3)12-18/h5-12,22H,4,13-14H2,1-3H3,(H,26,30)(H2,27,28,32). The Labute approximate surface area is 197 Å². The molecule has 0 fully saturated rings. The predicted molar refractivity (Wildman–Crippen MR) is 124 cm³/mol. The summed E-state index contributed by atoms with van der Waals surface area (Å²) in [4.78, 5) is 49.6. The van der Waals surface area contributed by atoms with E-state index in [4.69, 9.17) is 9.47 Å². The van der Waals surface area contributed by atoms with Crippen LogP contribution in [0.4, 0.5) is 4.79 Å². The number of carbonyl (C=O) groups excluding carboxylic acids is 4. The van der Waals surface area contributed by atoms with E-state index >= 15 is 0 Å². The average Bonchev–Trinajstić information content (AvgIpc) is 2.80. The average molecular weight is 466 g/mol. The van der Waals surface area contributed by atoms with E-state index in [1.165, 1.54) is 0 Å². The first-order valence-corrected chi connectivity index (χ1v) is 10.8. The molecule has 0 aliphatic carbocycles. The van der Waals surface area contributed by atoms with Crippen molar-refractivity contribution in [2.75, 3.05) is 19.8 Å². The highest BCUT2D eigenvalue weighted by atomic mass is 16.5. The Morgan fingerprint density at radius 2 is 1.68 bits per heavy atom. The molecule has 1 unspecified atom stereocenters. The molecule has 0 saturated carbocycles. The van der Waals surface area contributed by atoms with E-state index in [1.54, 1.807) is 43.3 Å². The summed E-state index contributed by atoms with van der Waals surface area (Å²) < 4.78 is 10.4. The molecule has 3 N–H and O–H groups in total. The second-order valence-electron chi connectivity index (χ2n) is 7.77. The number of carbonyl (C=O) groups is 4. The van der Waals surface area contributed by atoms with Crippen molar-refractivity contribution in [2.24, 2.45) is 0 Å². The van der Waals surface area contributed by atoms with E-state index in [-0.39, 0.29) is 31.0 Å². The fourth-order valence-electron chi connectivity index (χ4n) is 3.64. The van der Waals surface area contributed by atoms with Gasteiger partial charge >= 0.3 is 18.0 Å². The summed E-state index contributed by atoms with van der Waals surface area (Å²) in [6.07, 6.45) is 0. The summed E-state index contributed by atoms with van der Waals surface area (Å²) >= 11 is 0. The Bertz CT molecular complexity index is 1110. The van der Waals surface area contributed by atoms with Gasteiger partial charge < -0.3 is 25.4 Å². The van der Waals surface area contributed by atoms with Crippen molar-refractivity contribution in [1.29, 1.82) is 0 Å². The maximum absolute atomic E-state index is 12.7. The third-order valence-electron chi connectivity index (χ3n) is 5.04. The highest BCUT2D eigenvalue weighted by molar-refractivity contribution is 5.97. The fourth-order valence-corrected chi connectivity index (χ4v) is 3.64. The number of benzene rings is 2. The first kappa shape index (κ1) is 24.5. The van der Waals surface area contributed by atoms with Gasteiger partial charge in [-0.1, -0.05) is 47.5 Å². The van der Waals surface area contributed by atoms with Crippen LogP contribution in [0.1, 0.15) is 40.0 Å². The molecule has 1 heterocycles. The summed E-state index contributed by atoms with van der Waals surface area (Å²) in [5, 5.41) is 7.75. The van der Waals surface area contributed by atoms with Crippen LogP contribution >= 0.6 is 0 Å². The van der Waals surface area contributed by atoms with Crippen molar-refractivity contribution in [3.05, 3.63) is 82.1 Å². The maximum Gasteiger partial charge on any atom is 0.338 e. The Balaban J connectivity index is 1.71. The van der Waals surface area contributed by atoms with Gasteiger partial charge in [0, 0.05) is 5.56 Å². The molecule has 1 aliphatic rings. The molecule has 1 atom stereocenters. The summed E-state index contributed by atoms with van der Waals surface area (Å²) in [5.41, 5.74) is 3.23. The molecule has 34 heavy (non-hydrogen) atoms. The minimum Gasteiger partial charge on any atom is -0.463 e. The zero-order valence-electron chi connectivity index (χ0n) is 19.3. The van der Waals surface area contributed by atoms with Crippen LogP contribution < -0.4 is 16.0 Å². The Morgan fingerprint density at radius 1 is 1.00 bits per heavy atom. The molecule has 2 aromatic carbocycles. The quantitative estimate of drug-likeness (QED) is 0.515. The van der Waals surface area contributed by atoms with Crippen LogP contribution in [0.5, 0.6) is 0 Å². The van der Waals surface area contributed by atoms with Crippen molar-refractivity contribution in [2.45, 2.75) is 26.8 Å². The first-order valence-electron chi connectivity index (χ1n) is 10.8. The fraction of sp³-hybridized carbons (Fsp3) is 0.280. The maximum atomic E-state index is 12.7. The summed E-state index contributed by atoms with van der Waals surface area (Å²) in [6, 6.07) is 13.0. The molecule has 178 valence electrons. The van der Waals surface area contributed by atoms with Gasteiger partial charge in [-0.3, -0.25) is 9.59 Å². The van der Waals surface area contributed by atoms with Crippen molar-refractivity contribution >= 4 is 23.9 Å². The normalized spacial score (nSPS) is 15.1. The minimum absolute atomic E-state index is 0.116. The lowest BCUT2D eigenvalue weighted by atomic mass is 9.95. The summed E-state index contributed by atoms with van der Waals surface area (Å²) in [5.74, 6) is -1.77. The number of ether oxygens (including phenoxy) is 2. The van der Waals surface area contributed by atoms with Gasteiger partial charge in [-0.05, 0) is 38.5 Å². The van der Waals surface area contributed by atoms with E-state index in [9.17, 15) is 19.2 Å². The van der Waals surface area contributed by atoms with E-state index in [0.717, 1.165) is 11.1 Å². The molecular formula is C25H27N3O6. The van der Waals surface area contributed by atoms with Gasteiger partial charge in [0.2, 0.25) is 0 Å². The lowest BCUT2D eigenvalue weighted by Gasteiger charge is -2.29. The molecule has 3 rings (SSSR count). The molecule has 0 radical (unpaired) electrons. The lowest BCUT2D eigenvalue weighted by molar-refractivity contribution is -0.142. The van der Waals surface area contributed by atoms with Gasteiger partial charge in [-0.2, -0.15) is 0 Å². The number of nitrogens with one attached hydrogen (secondary N) is 3. The molecule has 2 aromatic rings. The van der Waals surface area contributed by atoms with Crippen LogP contribution in [0, 0.1) is 13.8 Å². The largest absolute Gasteiger partial charge is 0.463 e. The van der Waals surface area contributed by atoms with Crippen LogP contribution in [0.3, 0.4) is 0 Å². The lowest BCUT2D eigenvalue weighted by Crippen LogP contribution is -2.47.